The zero-order valence-electron chi connectivity index (χ0n) is 52.7. The van der Waals surface area contributed by atoms with Crippen LogP contribution in [0, 0.1) is 5.92 Å². The number of carboxylic acids is 2. The molecule has 5 aromatic carbocycles. The van der Waals surface area contributed by atoms with E-state index in [0.717, 1.165) is 59.9 Å². The van der Waals surface area contributed by atoms with Gasteiger partial charge in [0, 0.05) is 57.3 Å². The van der Waals surface area contributed by atoms with Crippen molar-refractivity contribution in [2.45, 2.75) is 139 Å². The fraction of sp³-hybridized carbons (Fsp3) is 0.414. The summed E-state index contributed by atoms with van der Waals surface area (Å²) in [5, 5.41) is 40.8. The monoisotopic (exact) mass is 1300 g/mol. The second-order valence-electron chi connectivity index (χ2n) is 22.4. The van der Waals surface area contributed by atoms with Gasteiger partial charge >= 0.3 is 24.1 Å². The van der Waals surface area contributed by atoms with E-state index in [0.29, 0.717) is 64.6 Å². The van der Waals surface area contributed by atoms with Crippen LogP contribution in [0.4, 0.5) is 4.79 Å². The number of nitrogens with one attached hydrogen (secondary N) is 8. The number of aliphatic carboxylic acids is 2. The maximum atomic E-state index is 14.4. The Balaban J connectivity index is 0.00000602. The Morgan fingerprint density at radius 3 is 1.39 bits per heavy atom. The third-order valence-electron chi connectivity index (χ3n) is 15.0. The van der Waals surface area contributed by atoms with Crippen molar-refractivity contribution >= 4 is 77.1 Å². The first kappa shape index (κ1) is 76.0. The molecule has 0 aromatic heterocycles. The summed E-state index contributed by atoms with van der Waals surface area (Å²) >= 11 is 1.42. The van der Waals surface area contributed by atoms with E-state index in [9.17, 15) is 53.1 Å². The van der Waals surface area contributed by atoms with Crippen molar-refractivity contribution in [1.82, 2.24) is 42.5 Å². The zero-order chi connectivity index (χ0) is 67.5. The molecular formula is C70H88N8O14S. The number of unbranched alkanes of at least 4 members (excludes halogenated alkanes) is 6. The lowest BCUT2D eigenvalue weighted by Gasteiger charge is -2.35. The molecule has 0 saturated heterocycles. The predicted octanol–water partition coefficient (Wildman–Crippen LogP) is 6.94. The van der Waals surface area contributed by atoms with E-state index in [4.69, 9.17) is 14.7 Å². The van der Waals surface area contributed by atoms with Crippen LogP contribution in [0.25, 0.3) is 0 Å². The Kier molecular flexibility index (Phi) is 36.0. The molecule has 5 rings (SSSR count). The van der Waals surface area contributed by atoms with Crippen LogP contribution in [-0.2, 0) is 70.3 Å². The Bertz CT molecular complexity index is 3050. The van der Waals surface area contributed by atoms with E-state index in [2.05, 4.69) is 42.5 Å². The number of Topliss-reactive ketones (excluding diaryl/α,β-unsaturated/α-hetero) is 1. The molecule has 0 fully saturated rings. The van der Waals surface area contributed by atoms with Gasteiger partial charge in [0.05, 0.1) is 29.6 Å². The Morgan fingerprint density at radius 1 is 0.452 bits per heavy atom. The van der Waals surface area contributed by atoms with Crippen molar-refractivity contribution in [3.05, 3.63) is 179 Å². The van der Waals surface area contributed by atoms with Gasteiger partial charge in [-0.05, 0) is 105 Å². The maximum Gasteiger partial charge on any atom is 0.373 e. The molecule has 23 heteroatoms. The minimum absolute atomic E-state index is 0.00774. The number of amides is 8. The Hall–Kier alpha value is -9.47. The van der Waals surface area contributed by atoms with Gasteiger partial charge in [0.25, 0.3) is 0 Å². The van der Waals surface area contributed by atoms with Crippen molar-refractivity contribution in [2.75, 3.05) is 38.5 Å². The van der Waals surface area contributed by atoms with Crippen molar-refractivity contribution in [1.29, 1.82) is 0 Å². The number of ketones is 1. The number of rotatable bonds is 43. The molecule has 4 atom stereocenters. The molecule has 5 aromatic rings. The quantitative estimate of drug-likeness (QED) is 0.0140. The summed E-state index contributed by atoms with van der Waals surface area (Å²) in [5.41, 5.74) is 4.37. The second kappa shape index (κ2) is 44.1. The normalized spacial score (nSPS) is 12.1. The molecule has 0 saturated carbocycles. The van der Waals surface area contributed by atoms with E-state index in [1.54, 1.807) is 55.5 Å². The van der Waals surface area contributed by atoms with Crippen LogP contribution in [0.15, 0.2) is 152 Å². The number of hydrogen-bond acceptors (Lipinski definition) is 13. The average Bonchev–Trinajstić information content (AvgIpc) is 0.771. The van der Waals surface area contributed by atoms with Crippen molar-refractivity contribution in [3.63, 3.8) is 0 Å². The first-order valence-electron chi connectivity index (χ1n) is 31.5. The molecule has 0 heterocycles. The standard InChI is InChI=1S/C69H88N8O12S.CO2/c1-50(39-40-65(84)85)75-68(89)72-43-24-9-23-41-70-60(79)37-20-2-3-21-38-61(80)71-42-25-22-36-57(67(87)88)77-66(86)53(44-51-26-10-4-11-27-51)46-59(78)58(45-52-28-12-5-13-29-52)76-63(82)48-73-62(81)47-74-64(83)49-90-69(54-30-14-6-15-31-54,55-32-16-7-17-33-55)56-34-18-8-19-35-56;2-1-3/h4-8,10-19,26-35,50,53,57-58H,2-3,9,20-25,36-49H2,1H3,(H,70,79)(H,71,80)(H,73,81)(H,74,83)(H,76,82)(H,77,86)(H,84,85)(H,87,88)(H2,72,75,89);/t50-,53?,57?,58?;/m1./s1. The lowest BCUT2D eigenvalue weighted by atomic mass is 9.84. The second-order valence-corrected chi connectivity index (χ2v) is 23.6. The summed E-state index contributed by atoms with van der Waals surface area (Å²) < 4.78 is -0.759. The molecule has 93 heavy (non-hydrogen) atoms. The van der Waals surface area contributed by atoms with Crippen molar-refractivity contribution in [2.24, 2.45) is 5.92 Å². The summed E-state index contributed by atoms with van der Waals surface area (Å²) in [7, 11) is 0. The van der Waals surface area contributed by atoms with Crippen LogP contribution in [0.1, 0.15) is 131 Å². The van der Waals surface area contributed by atoms with Gasteiger partial charge < -0.3 is 52.7 Å². The highest BCUT2D eigenvalue weighted by Crippen LogP contribution is 2.48. The highest BCUT2D eigenvalue weighted by molar-refractivity contribution is 8.01. The molecule has 0 aliphatic heterocycles. The van der Waals surface area contributed by atoms with Gasteiger partial charge in [0.1, 0.15) is 6.04 Å². The number of hydrogen-bond donors (Lipinski definition) is 10. The number of carbonyl (C=O) groups excluding carboxylic acids is 10. The molecule has 8 amide bonds. The topological polar surface area (TPSA) is 342 Å². The fourth-order valence-electron chi connectivity index (χ4n) is 10.2. The highest BCUT2D eigenvalue weighted by atomic mass is 32.2. The van der Waals surface area contributed by atoms with Crippen LogP contribution < -0.4 is 42.5 Å². The lowest BCUT2D eigenvalue weighted by Crippen LogP contribution is -2.49. The number of carbonyl (C=O) groups is 10. The third kappa shape index (κ3) is 30.5. The third-order valence-corrected chi connectivity index (χ3v) is 16.6. The number of benzene rings is 5. The summed E-state index contributed by atoms with van der Waals surface area (Å²) in [4.78, 5) is 145. The van der Waals surface area contributed by atoms with Crippen LogP contribution >= 0.6 is 11.8 Å². The number of thioether (sulfide) groups is 1. The van der Waals surface area contributed by atoms with E-state index in [1.807, 2.05) is 103 Å². The van der Waals surface area contributed by atoms with Gasteiger partial charge in [0.15, 0.2) is 5.78 Å². The molecule has 22 nitrogen and oxygen atoms in total. The van der Waals surface area contributed by atoms with Crippen LogP contribution in [0.5, 0.6) is 0 Å². The minimum Gasteiger partial charge on any atom is -0.481 e. The summed E-state index contributed by atoms with van der Waals surface area (Å²) in [6, 6.07) is 44.6. The van der Waals surface area contributed by atoms with Crippen molar-refractivity contribution in [3.8, 4) is 0 Å². The predicted molar refractivity (Wildman–Crippen MR) is 352 cm³/mol. The molecule has 10 N–H and O–H groups in total. The van der Waals surface area contributed by atoms with E-state index < -0.39 is 77.2 Å². The Morgan fingerprint density at radius 2 is 0.892 bits per heavy atom. The van der Waals surface area contributed by atoms with E-state index in [1.165, 1.54) is 11.8 Å². The van der Waals surface area contributed by atoms with Gasteiger partial charge in [0.2, 0.25) is 35.4 Å². The molecule has 0 aliphatic carbocycles. The summed E-state index contributed by atoms with van der Waals surface area (Å²) in [6.07, 6.45) is 7.16. The van der Waals surface area contributed by atoms with Gasteiger partial charge in [-0.2, -0.15) is 9.59 Å². The van der Waals surface area contributed by atoms with Gasteiger partial charge in [-0.15, -0.1) is 11.8 Å². The first-order valence-corrected chi connectivity index (χ1v) is 32.5. The SMILES string of the molecule is C[C@H](CCC(=O)O)NC(=O)NCCCCCNC(=O)CCCCCCC(=O)NCCCCC(NC(=O)C(CC(=O)C(Cc1ccccc1)NC(=O)CNC(=O)CNC(=O)CSC(c1ccccc1)(c1ccccc1)c1ccccc1)Cc1ccccc1)C(=O)O.O=C=O. The van der Waals surface area contributed by atoms with Crippen LogP contribution in [0.2, 0.25) is 0 Å². The van der Waals surface area contributed by atoms with Crippen molar-refractivity contribution < 1.29 is 67.7 Å². The number of carboxylic acid groups (broad SMARTS) is 2. The average molecular weight is 1300 g/mol. The largest absolute Gasteiger partial charge is 0.481 e. The molecule has 0 bridgehead atoms. The number of urea groups is 1. The molecule has 0 aliphatic rings. The highest BCUT2D eigenvalue weighted by Gasteiger charge is 2.38. The summed E-state index contributed by atoms with van der Waals surface area (Å²) in [6.45, 7) is 2.13. The van der Waals surface area contributed by atoms with Crippen LogP contribution in [-0.4, -0.2) is 132 Å². The van der Waals surface area contributed by atoms with Gasteiger partial charge in [-0.3, -0.25) is 38.4 Å². The molecule has 0 spiro atoms. The first-order chi connectivity index (χ1) is 44.9. The fourth-order valence-corrected chi connectivity index (χ4v) is 11.5. The molecular weight excluding hydrogens is 1210 g/mol. The lowest BCUT2D eigenvalue weighted by molar-refractivity contribution is -0.192. The van der Waals surface area contributed by atoms with Gasteiger partial charge in [-0.1, -0.05) is 165 Å². The van der Waals surface area contributed by atoms with Crippen LogP contribution in [0.3, 0.4) is 0 Å². The van der Waals surface area contributed by atoms with Gasteiger partial charge in [-0.25, -0.2) is 9.59 Å². The summed E-state index contributed by atoms with van der Waals surface area (Å²) in [5.74, 6) is -6.22. The smallest absolute Gasteiger partial charge is 0.373 e. The maximum absolute atomic E-state index is 14.4. The minimum atomic E-state index is -1.29. The molecule has 3 unspecified atom stereocenters. The zero-order valence-corrected chi connectivity index (χ0v) is 53.5. The van der Waals surface area contributed by atoms with E-state index in [-0.39, 0.29) is 67.9 Å². The molecule has 498 valence electrons. The Labute approximate surface area is 547 Å². The van der Waals surface area contributed by atoms with E-state index >= 15 is 0 Å². The molecule has 0 radical (unpaired) electrons.